The number of alkyl halides is 3. The Morgan fingerprint density at radius 2 is 1.86 bits per heavy atom. The number of likely N-dealkylation sites (tertiary alicyclic amines) is 1. The molecule has 1 amide bonds. The number of benzene rings is 2. The number of ether oxygens (including phenoxy) is 2. The highest BCUT2D eigenvalue weighted by atomic mass is 127. The first-order chi connectivity index (χ1) is 16.7. The van der Waals surface area contributed by atoms with Crippen molar-refractivity contribution in [2.24, 2.45) is 10.2 Å². The maximum atomic E-state index is 13.5. The van der Waals surface area contributed by atoms with Gasteiger partial charge in [0.2, 0.25) is 5.91 Å². The van der Waals surface area contributed by atoms with Crippen LogP contribution in [-0.2, 0) is 17.0 Å². The molecule has 0 N–H and O–H groups in total. The average Bonchev–Trinajstić information content (AvgIpc) is 3.36. The first-order valence-electron chi connectivity index (χ1n) is 11.6. The summed E-state index contributed by atoms with van der Waals surface area (Å²) >= 11 is 1.98. The standard InChI is InChI=1S/C25H25F3IN3O3/c1-34-21-7-6-16(10-22(21)35-20-4-2-3-5-20)17-11-23(33)32(14-17)13-15-8-18(12-19(29)9-15)24(30-31-24)25(26,27)28/h6-10,12,17,20H,2-5,11,13-14H2,1H3. The summed E-state index contributed by atoms with van der Waals surface area (Å²) in [5, 5.41) is 6.62. The van der Waals surface area contributed by atoms with Crippen LogP contribution in [0.25, 0.3) is 0 Å². The largest absolute Gasteiger partial charge is 0.493 e. The summed E-state index contributed by atoms with van der Waals surface area (Å²) in [6, 6.07) is 10.5. The van der Waals surface area contributed by atoms with Crippen molar-refractivity contribution in [2.75, 3.05) is 13.7 Å². The monoisotopic (exact) mass is 599 g/mol. The summed E-state index contributed by atoms with van der Waals surface area (Å²) in [5.74, 6) is 1.30. The predicted octanol–water partition coefficient (Wildman–Crippen LogP) is 6.32. The molecule has 0 aromatic heterocycles. The van der Waals surface area contributed by atoms with Crippen molar-refractivity contribution in [1.29, 1.82) is 0 Å². The van der Waals surface area contributed by atoms with Crippen molar-refractivity contribution >= 4 is 28.5 Å². The molecule has 2 heterocycles. The Morgan fingerprint density at radius 3 is 2.51 bits per heavy atom. The van der Waals surface area contributed by atoms with Gasteiger partial charge in [-0.15, -0.1) is 10.2 Å². The normalized spacial score (nSPS) is 21.6. The Balaban J connectivity index is 1.32. The molecule has 5 rings (SSSR count). The molecule has 1 saturated heterocycles. The molecule has 2 aliphatic heterocycles. The third kappa shape index (κ3) is 4.85. The molecular formula is C25H25F3IN3O3. The number of hydrogen-bond donors (Lipinski definition) is 0. The van der Waals surface area contributed by atoms with E-state index in [1.54, 1.807) is 18.1 Å². The molecule has 186 valence electrons. The van der Waals surface area contributed by atoms with Gasteiger partial charge < -0.3 is 14.4 Å². The number of hydrogen-bond acceptors (Lipinski definition) is 5. The van der Waals surface area contributed by atoms with Crippen LogP contribution in [0.1, 0.15) is 54.7 Å². The Morgan fingerprint density at radius 1 is 1.11 bits per heavy atom. The van der Waals surface area contributed by atoms with E-state index < -0.39 is 11.8 Å². The summed E-state index contributed by atoms with van der Waals surface area (Å²) in [6.07, 6.45) is 0.296. The van der Waals surface area contributed by atoms with Crippen molar-refractivity contribution in [2.45, 2.75) is 62.5 Å². The molecule has 0 radical (unpaired) electrons. The molecular weight excluding hydrogens is 574 g/mol. The number of carbonyl (C=O) groups is 1. The third-order valence-corrected chi connectivity index (χ3v) is 7.52. The van der Waals surface area contributed by atoms with Gasteiger partial charge in [0.25, 0.3) is 0 Å². The molecule has 2 aromatic carbocycles. The lowest BCUT2D eigenvalue weighted by atomic mass is 9.97. The van der Waals surface area contributed by atoms with Gasteiger partial charge in [-0.1, -0.05) is 6.07 Å². The van der Waals surface area contributed by atoms with E-state index in [0.29, 0.717) is 33.6 Å². The molecule has 1 atom stereocenters. The second-order valence-electron chi connectivity index (χ2n) is 9.33. The molecule has 2 aromatic rings. The molecule has 3 aliphatic rings. The van der Waals surface area contributed by atoms with E-state index in [9.17, 15) is 18.0 Å². The SMILES string of the molecule is COc1ccc(C2CC(=O)N(Cc3cc(I)cc(C4(C(F)(F)F)N=N4)c3)C2)cc1OC1CCCC1. The van der Waals surface area contributed by atoms with Crippen LogP contribution in [-0.4, -0.2) is 36.7 Å². The molecule has 1 saturated carbocycles. The number of halogens is 4. The third-order valence-electron chi connectivity index (χ3n) is 6.90. The molecule has 1 aliphatic carbocycles. The molecule has 0 spiro atoms. The zero-order valence-corrected chi connectivity index (χ0v) is 21.3. The zero-order chi connectivity index (χ0) is 24.8. The van der Waals surface area contributed by atoms with Crippen LogP contribution in [0.4, 0.5) is 13.2 Å². The van der Waals surface area contributed by atoms with Gasteiger partial charge in [0, 0.05) is 34.6 Å². The van der Waals surface area contributed by atoms with E-state index >= 15 is 0 Å². The van der Waals surface area contributed by atoms with Gasteiger partial charge in [0.15, 0.2) is 11.5 Å². The van der Waals surface area contributed by atoms with Gasteiger partial charge in [0.05, 0.1) is 13.2 Å². The maximum Gasteiger partial charge on any atom is 0.442 e. The molecule has 1 unspecified atom stereocenters. The van der Waals surface area contributed by atoms with Crippen molar-refractivity contribution in [3.63, 3.8) is 0 Å². The van der Waals surface area contributed by atoms with Gasteiger partial charge in [-0.2, -0.15) is 13.2 Å². The summed E-state index contributed by atoms with van der Waals surface area (Å²) < 4.78 is 52.8. The molecule has 10 heteroatoms. The van der Waals surface area contributed by atoms with Crippen molar-refractivity contribution < 1.29 is 27.4 Å². The lowest BCUT2D eigenvalue weighted by Crippen LogP contribution is -2.30. The smallest absolute Gasteiger partial charge is 0.442 e. The maximum absolute atomic E-state index is 13.5. The van der Waals surface area contributed by atoms with Crippen LogP contribution in [0, 0.1) is 3.57 Å². The van der Waals surface area contributed by atoms with E-state index in [1.807, 2.05) is 40.8 Å². The van der Waals surface area contributed by atoms with Crippen LogP contribution < -0.4 is 9.47 Å². The number of carbonyl (C=O) groups excluding carboxylic acids is 1. The predicted molar refractivity (Wildman–Crippen MR) is 130 cm³/mol. The molecule has 6 nitrogen and oxygen atoms in total. The van der Waals surface area contributed by atoms with Crippen LogP contribution in [0.3, 0.4) is 0 Å². The first-order valence-corrected chi connectivity index (χ1v) is 12.7. The Bertz CT molecular complexity index is 1160. The number of methoxy groups -OCH3 is 1. The van der Waals surface area contributed by atoms with Crippen molar-refractivity contribution in [3.05, 3.63) is 56.7 Å². The second-order valence-corrected chi connectivity index (χ2v) is 10.6. The second kappa shape index (κ2) is 9.25. The zero-order valence-electron chi connectivity index (χ0n) is 19.1. The first kappa shape index (κ1) is 24.3. The lowest BCUT2D eigenvalue weighted by Gasteiger charge is -2.20. The van der Waals surface area contributed by atoms with E-state index in [2.05, 4.69) is 10.2 Å². The van der Waals surface area contributed by atoms with E-state index in [-0.39, 0.29) is 30.0 Å². The van der Waals surface area contributed by atoms with Crippen LogP contribution >= 0.6 is 22.6 Å². The van der Waals surface area contributed by atoms with Gasteiger partial charge >= 0.3 is 11.8 Å². The highest BCUT2D eigenvalue weighted by molar-refractivity contribution is 14.1. The Kier molecular flexibility index (Phi) is 6.43. The van der Waals surface area contributed by atoms with Gasteiger partial charge in [-0.05, 0) is 89.7 Å². The summed E-state index contributed by atoms with van der Waals surface area (Å²) in [5.41, 5.74) is -0.871. The Labute approximate surface area is 215 Å². The van der Waals surface area contributed by atoms with Crippen LogP contribution in [0.2, 0.25) is 0 Å². The van der Waals surface area contributed by atoms with E-state index in [1.165, 1.54) is 12.1 Å². The Hall–Kier alpha value is -2.37. The van der Waals surface area contributed by atoms with Crippen molar-refractivity contribution in [1.82, 2.24) is 4.90 Å². The van der Waals surface area contributed by atoms with E-state index in [4.69, 9.17) is 9.47 Å². The molecule has 35 heavy (non-hydrogen) atoms. The minimum absolute atomic E-state index is 0.0149. The van der Waals surface area contributed by atoms with Gasteiger partial charge in [-0.3, -0.25) is 4.79 Å². The highest BCUT2D eigenvalue weighted by Crippen LogP contribution is 2.52. The van der Waals surface area contributed by atoms with Gasteiger partial charge in [-0.25, -0.2) is 0 Å². The fourth-order valence-corrected chi connectivity index (χ4v) is 5.71. The minimum atomic E-state index is -4.59. The number of amides is 1. The summed E-state index contributed by atoms with van der Waals surface area (Å²) in [7, 11) is 1.61. The summed E-state index contributed by atoms with van der Waals surface area (Å²) in [6.45, 7) is 0.711. The fourth-order valence-electron chi connectivity index (χ4n) is 4.98. The molecule has 0 bridgehead atoms. The fraction of sp³-hybridized carbons (Fsp3) is 0.480. The quantitative estimate of drug-likeness (QED) is 0.350. The minimum Gasteiger partial charge on any atom is -0.493 e. The van der Waals surface area contributed by atoms with Crippen molar-refractivity contribution in [3.8, 4) is 11.5 Å². The average molecular weight is 599 g/mol. The van der Waals surface area contributed by atoms with E-state index in [0.717, 1.165) is 31.2 Å². The summed E-state index contributed by atoms with van der Waals surface area (Å²) in [4.78, 5) is 14.5. The van der Waals surface area contributed by atoms with Crippen LogP contribution in [0.5, 0.6) is 11.5 Å². The topological polar surface area (TPSA) is 63.5 Å². The highest BCUT2D eigenvalue weighted by Gasteiger charge is 2.65. The number of rotatable bonds is 7. The van der Waals surface area contributed by atoms with Crippen LogP contribution in [0.15, 0.2) is 46.6 Å². The van der Waals surface area contributed by atoms with Gasteiger partial charge in [0.1, 0.15) is 0 Å². The number of nitrogens with zero attached hydrogens (tertiary/aromatic N) is 3. The molecule has 2 fully saturated rings. The lowest BCUT2D eigenvalue weighted by molar-refractivity contribution is -0.166.